The van der Waals surface area contributed by atoms with Crippen molar-refractivity contribution in [1.82, 2.24) is 0 Å². The van der Waals surface area contributed by atoms with Crippen molar-refractivity contribution in [1.29, 1.82) is 0 Å². The van der Waals surface area contributed by atoms with Gasteiger partial charge in [-0.25, -0.2) is 17.6 Å². The molecule has 1 rings (SSSR count). The van der Waals surface area contributed by atoms with Crippen LogP contribution in [0.25, 0.3) is 0 Å². The number of hydrogen-bond acceptors (Lipinski definition) is 1. The molecule has 1 atom stereocenters. The van der Waals surface area contributed by atoms with Crippen LogP contribution in [0, 0.1) is 11.6 Å². The topological polar surface area (TPSA) is 26.0 Å². The predicted molar refractivity (Wildman–Crippen MR) is 56.2 cm³/mol. The van der Waals surface area contributed by atoms with Gasteiger partial charge >= 0.3 is 0 Å². The highest BCUT2D eigenvalue weighted by Gasteiger charge is 2.20. The van der Waals surface area contributed by atoms with E-state index in [9.17, 15) is 17.6 Å². The van der Waals surface area contributed by atoms with Gasteiger partial charge in [-0.1, -0.05) is 11.6 Å². The van der Waals surface area contributed by atoms with Gasteiger partial charge in [-0.2, -0.15) is 0 Å². The van der Waals surface area contributed by atoms with E-state index >= 15 is 0 Å². The van der Waals surface area contributed by atoms with Gasteiger partial charge in [-0.3, -0.25) is 0 Å². The molecule has 0 aliphatic rings. The molecule has 1 aromatic rings. The minimum atomic E-state index is -2.71. The first kappa shape index (κ1) is 15.5. The summed E-state index contributed by atoms with van der Waals surface area (Å²) < 4.78 is 50.3. The third-order valence-electron chi connectivity index (χ3n) is 1.85. The summed E-state index contributed by atoms with van der Waals surface area (Å²) in [5.74, 6) is -2.01. The van der Waals surface area contributed by atoms with Crippen molar-refractivity contribution in [3.05, 3.63) is 34.4 Å². The maximum atomic E-state index is 13.2. The summed E-state index contributed by atoms with van der Waals surface area (Å²) in [7, 11) is 0. The van der Waals surface area contributed by atoms with Crippen molar-refractivity contribution >= 4 is 24.0 Å². The highest BCUT2D eigenvalue weighted by molar-refractivity contribution is 6.30. The molecule has 0 unspecified atom stereocenters. The number of hydrogen-bond donors (Lipinski definition) is 1. The molecule has 0 aliphatic heterocycles. The van der Waals surface area contributed by atoms with Crippen molar-refractivity contribution in [2.75, 3.05) is 0 Å². The minimum Gasteiger partial charge on any atom is -0.324 e. The standard InChI is InChI=1S/C9H8ClF4N.ClH/c10-4-1-5(11)9(6(12)2-4)7(15)3-8(13)14;/h1-2,7-8H,3,15H2;1H/t7-;/m1./s1. The Balaban J connectivity index is 0.00000225. The van der Waals surface area contributed by atoms with Crippen LogP contribution in [0.1, 0.15) is 18.0 Å². The normalized spacial score (nSPS) is 12.4. The molecule has 0 saturated heterocycles. The van der Waals surface area contributed by atoms with Crippen LogP contribution >= 0.6 is 24.0 Å². The maximum Gasteiger partial charge on any atom is 0.240 e. The van der Waals surface area contributed by atoms with Gasteiger partial charge in [-0.15, -0.1) is 12.4 Å². The lowest BCUT2D eigenvalue weighted by Crippen LogP contribution is -2.17. The molecule has 0 fully saturated rings. The largest absolute Gasteiger partial charge is 0.324 e. The summed E-state index contributed by atoms with van der Waals surface area (Å²) in [6, 6.07) is 0.304. The molecule has 7 heteroatoms. The Morgan fingerprint density at radius 3 is 2.00 bits per heavy atom. The summed E-state index contributed by atoms with van der Waals surface area (Å²) in [6.07, 6.45) is -3.51. The van der Waals surface area contributed by atoms with E-state index in [1.165, 1.54) is 0 Å². The molecule has 0 heterocycles. The second-order valence-electron chi connectivity index (χ2n) is 3.02. The van der Waals surface area contributed by atoms with Crippen LogP contribution in [0.3, 0.4) is 0 Å². The summed E-state index contributed by atoms with van der Waals surface area (Å²) in [5, 5.41) is -0.141. The first-order valence-corrected chi connectivity index (χ1v) is 4.47. The SMILES string of the molecule is Cl.N[C@H](CC(F)F)c1c(F)cc(Cl)cc1F. The van der Waals surface area contributed by atoms with Crippen LogP contribution in [0.5, 0.6) is 0 Å². The van der Waals surface area contributed by atoms with Gasteiger partial charge in [0.1, 0.15) is 11.6 Å². The van der Waals surface area contributed by atoms with Crippen LogP contribution < -0.4 is 5.73 Å². The molecule has 16 heavy (non-hydrogen) atoms. The van der Waals surface area contributed by atoms with Crippen LogP contribution in [0.15, 0.2) is 12.1 Å². The smallest absolute Gasteiger partial charge is 0.240 e. The van der Waals surface area contributed by atoms with E-state index in [0.29, 0.717) is 0 Å². The van der Waals surface area contributed by atoms with E-state index in [0.717, 1.165) is 12.1 Å². The average molecular weight is 278 g/mol. The average Bonchev–Trinajstić information content (AvgIpc) is 1.99. The third kappa shape index (κ3) is 3.81. The zero-order chi connectivity index (χ0) is 11.6. The van der Waals surface area contributed by atoms with E-state index in [-0.39, 0.29) is 17.4 Å². The predicted octanol–water partition coefficient (Wildman–Crippen LogP) is 3.70. The van der Waals surface area contributed by atoms with Gasteiger partial charge in [0.15, 0.2) is 0 Å². The Bertz CT molecular complexity index is 336. The van der Waals surface area contributed by atoms with E-state index in [2.05, 4.69) is 0 Å². The van der Waals surface area contributed by atoms with Crippen molar-refractivity contribution in [3.8, 4) is 0 Å². The first-order valence-electron chi connectivity index (χ1n) is 4.10. The molecule has 0 radical (unpaired) electrons. The van der Waals surface area contributed by atoms with Crippen molar-refractivity contribution < 1.29 is 17.6 Å². The highest BCUT2D eigenvalue weighted by atomic mass is 35.5. The molecule has 1 aromatic carbocycles. The Morgan fingerprint density at radius 2 is 1.62 bits per heavy atom. The Labute approximate surface area is 101 Å². The molecule has 0 aliphatic carbocycles. The quantitative estimate of drug-likeness (QED) is 0.838. The van der Waals surface area contributed by atoms with Crippen LogP contribution in [0.2, 0.25) is 5.02 Å². The number of rotatable bonds is 3. The Hall–Kier alpha value is -0.520. The molecule has 0 bridgehead atoms. The summed E-state index contributed by atoms with van der Waals surface area (Å²) >= 11 is 5.36. The first-order chi connectivity index (χ1) is 6.91. The lowest BCUT2D eigenvalue weighted by atomic mass is 10.0. The van der Waals surface area contributed by atoms with Crippen LogP contribution in [-0.4, -0.2) is 6.43 Å². The monoisotopic (exact) mass is 277 g/mol. The molecular weight excluding hydrogens is 269 g/mol. The number of nitrogens with two attached hydrogens (primary N) is 1. The van der Waals surface area contributed by atoms with E-state index < -0.39 is 36.1 Å². The Kier molecular flexibility index (Phi) is 6.07. The molecule has 1 nitrogen and oxygen atoms in total. The molecule has 0 spiro atoms. The summed E-state index contributed by atoms with van der Waals surface area (Å²) in [4.78, 5) is 0. The zero-order valence-corrected chi connectivity index (χ0v) is 9.46. The fourth-order valence-corrected chi connectivity index (χ4v) is 1.41. The second-order valence-corrected chi connectivity index (χ2v) is 3.45. The summed E-state index contributed by atoms with van der Waals surface area (Å²) in [5.41, 5.74) is 4.69. The van der Waals surface area contributed by atoms with E-state index in [4.69, 9.17) is 17.3 Å². The summed E-state index contributed by atoms with van der Waals surface area (Å²) in [6.45, 7) is 0. The molecule has 0 aromatic heterocycles. The van der Waals surface area contributed by atoms with E-state index in [1.807, 2.05) is 0 Å². The van der Waals surface area contributed by atoms with Crippen molar-refractivity contribution in [2.24, 2.45) is 5.73 Å². The van der Waals surface area contributed by atoms with Gasteiger partial charge < -0.3 is 5.73 Å². The van der Waals surface area contributed by atoms with Crippen LogP contribution in [0.4, 0.5) is 17.6 Å². The van der Waals surface area contributed by atoms with Crippen molar-refractivity contribution in [3.63, 3.8) is 0 Å². The van der Waals surface area contributed by atoms with Gasteiger partial charge in [-0.05, 0) is 12.1 Å². The van der Waals surface area contributed by atoms with Gasteiger partial charge in [0.05, 0.1) is 0 Å². The highest BCUT2D eigenvalue weighted by Crippen LogP contribution is 2.26. The zero-order valence-electron chi connectivity index (χ0n) is 7.89. The lowest BCUT2D eigenvalue weighted by Gasteiger charge is -2.13. The van der Waals surface area contributed by atoms with E-state index in [1.54, 1.807) is 0 Å². The van der Waals surface area contributed by atoms with Gasteiger partial charge in [0, 0.05) is 23.0 Å². The molecule has 2 N–H and O–H groups in total. The maximum absolute atomic E-state index is 13.2. The Morgan fingerprint density at radius 1 is 1.19 bits per heavy atom. The molecular formula is C9H9Cl2F4N. The van der Waals surface area contributed by atoms with Crippen molar-refractivity contribution in [2.45, 2.75) is 18.9 Å². The fraction of sp³-hybridized carbons (Fsp3) is 0.333. The second kappa shape index (κ2) is 6.27. The molecule has 92 valence electrons. The number of benzene rings is 1. The minimum absolute atomic E-state index is 0. The molecule has 0 amide bonds. The van der Waals surface area contributed by atoms with Crippen LogP contribution in [-0.2, 0) is 0 Å². The van der Waals surface area contributed by atoms with Gasteiger partial charge in [0.2, 0.25) is 6.43 Å². The number of halogens is 6. The third-order valence-corrected chi connectivity index (χ3v) is 2.06. The number of alkyl halides is 2. The fourth-order valence-electron chi connectivity index (χ4n) is 1.22. The lowest BCUT2D eigenvalue weighted by molar-refractivity contribution is 0.127. The molecule has 0 saturated carbocycles. The van der Waals surface area contributed by atoms with Gasteiger partial charge in [0.25, 0.3) is 0 Å².